The van der Waals surface area contributed by atoms with E-state index in [0.29, 0.717) is 11.4 Å². The second-order valence-corrected chi connectivity index (χ2v) is 5.10. The third-order valence-corrected chi connectivity index (χ3v) is 3.37. The average Bonchev–Trinajstić information content (AvgIpc) is 2.77. The Kier molecular flexibility index (Phi) is 4.26. The molecule has 1 aromatic carbocycles. The van der Waals surface area contributed by atoms with Gasteiger partial charge in [0.15, 0.2) is 17.4 Å². The highest BCUT2D eigenvalue weighted by molar-refractivity contribution is 7.98. The van der Waals surface area contributed by atoms with Gasteiger partial charge in [0.25, 0.3) is 0 Å². The highest BCUT2D eigenvalue weighted by Crippen LogP contribution is 2.26. The molecule has 2 N–H and O–H groups in total. The Balaban J connectivity index is 1.94. The summed E-state index contributed by atoms with van der Waals surface area (Å²) in [6.07, 6.45) is 1.55. The zero-order valence-corrected chi connectivity index (χ0v) is 10.9. The number of imidazole rings is 1. The van der Waals surface area contributed by atoms with E-state index in [1.54, 1.807) is 13.1 Å². The molecule has 0 saturated heterocycles. The molecule has 0 aliphatic rings. The summed E-state index contributed by atoms with van der Waals surface area (Å²) >= 11 is 1.31. The molecule has 2 rings (SSSR count). The predicted molar refractivity (Wildman–Crippen MR) is 69.2 cm³/mol. The van der Waals surface area contributed by atoms with Crippen LogP contribution in [0.5, 0.6) is 5.75 Å². The molecular weight excluding hydrogens is 274 g/mol. The van der Waals surface area contributed by atoms with Gasteiger partial charge in [-0.15, -0.1) is 11.8 Å². The van der Waals surface area contributed by atoms with Crippen molar-refractivity contribution in [3.05, 3.63) is 52.2 Å². The van der Waals surface area contributed by atoms with Gasteiger partial charge in [-0.25, -0.2) is 13.6 Å². The molecule has 0 aliphatic heterocycles. The molecule has 102 valence electrons. The summed E-state index contributed by atoms with van der Waals surface area (Å²) in [6, 6.07) is 3.55. The first-order valence-electron chi connectivity index (χ1n) is 5.55. The number of para-hydroxylation sites is 1. The molecule has 0 fully saturated rings. The van der Waals surface area contributed by atoms with Crippen LogP contribution in [0.15, 0.2) is 29.2 Å². The Bertz CT molecular complexity index is 592. The first kappa shape index (κ1) is 13.7. The van der Waals surface area contributed by atoms with E-state index in [4.69, 9.17) is 4.74 Å². The van der Waals surface area contributed by atoms with E-state index >= 15 is 0 Å². The Morgan fingerprint density at radius 1 is 1.37 bits per heavy atom. The second kappa shape index (κ2) is 5.92. The van der Waals surface area contributed by atoms with E-state index < -0.39 is 17.1 Å². The van der Waals surface area contributed by atoms with E-state index in [1.807, 2.05) is 0 Å². The topological polar surface area (TPSA) is 57.9 Å². The number of ether oxygens (including phenoxy) is 1. The minimum absolute atomic E-state index is 0.288. The van der Waals surface area contributed by atoms with Crippen LogP contribution in [0.25, 0.3) is 0 Å². The maximum atomic E-state index is 13.4. The number of nitrogens with one attached hydrogen (secondary N) is 2. The van der Waals surface area contributed by atoms with Crippen molar-refractivity contribution in [2.24, 2.45) is 0 Å². The van der Waals surface area contributed by atoms with Crippen LogP contribution < -0.4 is 10.4 Å². The molecule has 0 saturated carbocycles. The van der Waals surface area contributed by atoms with Gasteiger partial charge in [0, 0.05) is 17.6 Å². The van der Waals surface area contributed by atoms with Crippen molar-refractivity contribution in [1.29, 1.82) is 0 Å². The van der Waals surface area contributed by atoms with Crippen LogP contribution in [0.2, 0.25) is 0 Å². The number of rotatable bonds is 5. The lowest BCUT2D eigenvalue weighted by atomic mass is 10.3. The SMILES string of the molecule is CC(Oc1c(F)cccc1F)SCc1c[nH]c(=O)[nH]1. The number of H-pyrrole nitrogens is 2. The molecule has 0 aliphatic carbocycles. The van der Waals surface area contributed by atoms with E-state index in [-0.39, 0.29) is 11.4 Å². The van der Waals surface area contributed by atoms with Crippen molar-refractivity contribution >= 4 is 11.8 Å². The normalized spacial score (nSPS) is 12.4. The van der Waals surface area contributed by atoms with Crippen molar-refractivity contribution < 1.29 is 13.5 Å². The lowest BCUT2D eigenvalue weighted by Crippen LogP contribution is -2.10. The minimum Gasteiger partial charge on any atom is -0.474 e. The molecule has 1 aromatic heterocycles. The van der Waals surface area contributed by atoms with E-state index in [1.165, 1.54) is 17.8 Å². The maximum absolute atomic E-state index is 13.4. The van der Waals surface area contributed by atoms with Crippen LogP contribution in [-0.4, -0.2) is 15.4 Å². The van der Waals surface area contributed by atoms with Crippen LogP contribution in [-0.2, 0) is 5.75 Å². The van der Waals surface area contributed by atoms with Gasteiger partial charge >= 0.3 is 5.69 Å². The summed E-state index contributed by atoms with van der Waals surface area (Å²) in [6.45, 7) is 1.68. The third kappa shape index (κ3) is 3.60. The van der Waals surface area contributed by atoms with E-state index in [2.05, 4.69) is 9.97 Å². The van der Waals surface area contributed by atoms with Crippen molar-refractivity contribution in [2.75, 3.05) is 0 Å². The van der Waals surface area contributed by atoms with Gasteiger partial charge in [-0.2, -0.15) is 0 Å². The zero-order chi connectivity index (χ0) is 13.8. The van der Waals surface area contributed by atoms with Crippen LogP contribution in [0.4, 0.5) is 8.78 Å². The molecule has 1 heterocycles. The summed E-state index contributed by atoms with van der Waals surface area (Å²) in [4.78, 5) is 15.9. The number of aromatic nitrogens is 2. The van der Waals surface area contributed by atoms with Gasteiger partial charge in [0.05, 0.1) is 0 Å². The fourth-order valence-corrected chi connectivity index (χ4v) is 2.18. The van der Waals surface area contributed by atoms with Gasteiger partial charge in [0.2, 0.25) is 0 Å². The number of benzene rings is 1. The van der Waals surface area contributed by atoms with Gasteiger partial charge < -0.3 is 14.7 Å². The molecule has 19 heavy (non-hydrogen) atoms. The molecule has 1 unspecified atom stereocenters. The van der Waals surface area contributed by atoms with Crippen molar-refractivity contribution in [2.45, 2.75) is 18.1 Å². The highest BCUT2D eigenvalue weighted by atomic mass is 32.2. The Labute approximate surface area is 112 Å². The molecule has 0 amide bonds. The molecule has 0 bridgehead atoms. The molecule has 0 spiro atoms. The Morgan fingerprint density at radius 2 is 2.05 bits per heavy atom. The first-order valence-corrected chi connectivity index (χ1v) is 6.60. The Hall–Kier alpha value is -1.76. The summed E-state index contributed by atoms with van der Waals surface area (Å²) < 4.78 is 31.9. The number of hydrogen-bond acceptors (Lipinski definition) is 3. The second-order valence-electron chi connectivity index (χ2n) is 3.82. The summed E-state index contributed by atoms with van der Waals surface area (Å²) in [7, 11) is 0. The summed E-state index contributed by atoms with van der Waals surface area (Å²) in [5.41, 5.74) is -0.0476. The summed E-state index contributed by atoms with van der Waals surface area (Å²) in [5.74, 6) is -1.38. The monoisotopic (exact) mass is 286 g/mol. The fraction of sp³-hybridized carbons (Fsp3) is 0.250. The van der Waals surface area contributed by atoms with Gasteiger partial charge in [-0.1, -0.05) is 6.07 Å². The van der Waals surface area contributed by atoms with Gasteiger partial charge in [-0.3, -0.25) is 0 Å². The number of aromatic amines is 2. The number of halogens is 2. The maximum Gasteiger partial charge on any atom is 0.323 e. The molecular formula is C12H12F2N2O2S. The van der Waals surface area contributed by atoms with E-state index in [9.17, 15) is 13.6 Å². The first-order chi connectivity index (χ1) is 9.06. The quantitative estimate of drug-likeness (QED) is 0.831. The van der Waals surface area contributed by atoms with Crippen LogP contribution in [0.3, 0.4) is 0 Å². The largest absolute Gasteiger partial charge is 0.474 e. The molecule has 1 atom stereocenters. The summed E-state index contributed by atoms with van der Waals surface area (Å²) in [5, 5.41) is 0. The average molecular weight is 286 g/mol. The molecule has 2 aromatic rings. The molecule has 4 nitrogen and oxygen atoms in total. The van der Waals surface area contributed by atoms with Gasteiger partial charge in [-0.05, 0) is 19.1 Å². The molecule has 0 radical (unpaired) electrons. The van der Waals surface area contributed by atoms with Crippen LogP contribution in [0, 0.1) is 11.6 Å². The Morgan fingerprint density at radius 3 is 2.63 bits per heavy atom. The smallest absolute Gasteiger partial charge is 0.323 e. The van der Waals surface area contributed by atoms with Crippen LogP contribution in [0.1, 0.15) is 12.6 Å². The standard InChI is InChI=1S/C12H12F2N2O2S/c1-7(19-6-8-5-15-12(17)16-8)18-11-9(13)3-2-4-10(11)14/h2-5,7H,6H2,1H3,(H2,15,16,17). The lowest BCUT2D eigenvalue weighted by Gasteiger charge is -2.14. The lowest BCUT2D eigenvalue weighted by molar-refractivity contribution is 0.275. The third-order valence-electron chi connectivity index (χ3n) is 2.33. The van der Waals surface area contributed by atoms with Crippen molar-refractivity contribution in [3.8, 4) is 5.75 Å². The zero-order valence-electron chi connectivity index (χ0n) is 10.1. The fourth-order valence-electron chi connectivity index (χ4n) is 1.45. The minimum atomic E-state index is -0.734. The van der Waals surface area contributed by atoms with Gasteiger partial charge in [0.1, 0.15) is 5.44 Å². The highest BCUT2D eigenvalue weighted by Gasteiger charge is 2.14. The molecule has 7 heteroatoms. The van der Waals surface area contributed by atoms with Crippen molar-refractivity contribution in [3.63, 3.8) is 0 Å². The predicted octanol–water partition coefficient (Wildman–Crippen LogP) is 2.64. The van der Waals surface area contributed by atoms with Crippen molar-refractivity contribution in [1.82, 2.24) is 9.97 Å². The van der Waals surface area contributed by atoms with E-state index in [0.717, 1.165) is 12.1 Å². The number of hydrogen-bond donors (Lipinski definition) is 2. The number of thioether (sulfide) groups is 1. The van der Waals surface area contributed by atoms with Crippen LogP contribution >= 0.6 is 11.8 Å².